The lowest BCUT2D eigenvalue weighted by Gasteiger charge is -2.47. The fourth-order valence-electron chi connectivity index (χ4n) is 7.32. The Balaban J connectivity index is 1.29. The lowest BCUT2D eigenvalue weighted by atomic mass is 9.71. The Morgan fingerprint density at radius 2 is 1.89 bits per heavy atom. The standard InChI is InChI=1S/C35H39N3O7/c1-6-35(42)27-12-29-30-25(16-38(29)31(39)26(27)18-44-33(35)41)24(15-37-13-20-9-21(10-20)14-37)23-11-22(7-8-28(23)36-30)43-17-19(2)32(40)45-34(3,4)5/h7-8,11-12,20-21,42H,2,6,9-10,13-18H2,1,3-5H3/t20?,21?,35-/m0/s1. The first-order chi connectivity index (χ1) is 21.3. The Hall–Kier alpha value is -4.02. The SMILES string of the molecule is C=C(COc1ccc2nc3c(c(CN4CC5CC(C5)C4)c2c1)Cn1c-3cc2c(c1=O)COC(=O)[C@]2(O)CC)C(=O)OC(C)(C)C. The van der Waals surface area contributed by atoms with Crippen LogP contribution in [0.15, 0.2) is 41.2 Å². The van der Waals surface area contributed by atoms with Gasteiger partial charge in [0, 0.05) is 36.1 Å². The highest BCUT2D eigenvalue weighted by molar-refractivity contribution is 5.90. The second-order valence-corrected chi connectivity index (χ2v) is 14.0. The molecule has 8 rings (SSSR count). The number of pyridine rings is 2. The van der Waals surface area contributed by atoms with E-state index in [2.05, 4.69) is 11.5 Å². The number of fused-ring (bicyclic) bond motifs is 7. The van der Waals surface area contributed by atoms with E-state index < -0.39 is 23.1 Å². The maximum atomic E-state index is 13.8. The molecule has 10 nitrogen and oxygen atoms in total. The smallest absolute Gasteiger partial charge is 0.343 e. The normalized spacial score (nSPS) is 23.4. The molecule has 5 aliphatic rings. The molecule has 0 spiro atoms. The number of cyclic esters (lactones) is 1. The highest BCUT2D eigenvalue weighted by Gasteiger charge is 2.46. The summed E-state index contributed by atoms with van der Waals surface area (Å²) >= 11 is 0. The van der Waals surface area contributed by atoms with Gasteiger partial charge in [-0.3, -0.25) is 9.69 Å². The van der Waals surface area contributed by atoms with E-state index in [1.807, 2.05) is 18.2 Å². The van der Waals surface area contributed by atoms with Crippen LogP contribution in [0.2, 0.25) is 0 Å². The Morgan fingerprint density at radius 3 is 2.58 bits per heavy atom. The van der Waals surface area contributed by atoms with Crippen LogP contribution in [0.3, 0.4) is 0 Å². The van der Waals surface area contributed by atoms with Crippen molar-refractivity contribution in [3.63, 3.8) is 0 Å². The fourth-order valence-corrected chi connectivity index (χ4v) is 7.32. The molecule has 2 bridgehead atoms. The highest BCUT2D eigenvalue weighted by Crippen LogP contribution is 2.43. The zero-order chi connectivity index (χ0) is 31.8. The number of piperidine rings is 2. The van der Waals surface area contributed by atoms with Crippen LogP contribution in [0.25, 0.3) is 22.3 Å². The van der Waals surface area contributed by atoms with Crippen molar-refractivity contribution in [3.8, 4) is 17.1 Å². The maximum absolute atomic E-state index is 13.8. The van der Waals surface area contributed by atoms with E-state index in [1.165, 1.54) is 12.8 Å². The van der Waals surface area contributed by atoms with Gasteiger partial charge in [0.1, 0.15) is 24.6 Å². The molecule has 1 N–H and O–H groups in total. The summed E-state index contributed by atoms with van der Waals surface area (Å²) in [5.74, 6) is 0.776. The number of nitrogens with zero attached hydrogens (tertiary/aromatic N) is 3. The largest absolute Gasteiger partial charge is 0.489 e. The predicted molar refractivity (Wildman–Crippen MR) is 166 cm³/mol. The lowest BCUT2D eigenvalue weighted by Crippen LogP contribution is -2.48. The van der Waals surface area contributed by atoms with Gasteiger partial charge in [-0.05, 0) is 81.7 Å². The van der Waals surface area contributed by atoms with Crippen molar-refractivity contribution < 1.29 is 28.9 Å². The van der Waals surface area contributed by atoms with Crippen LogP contribution >= 0.6 is 0 Å². The number of rotatable bonds is 7. The third-order valence-electron chi connectivity index (χ3n) is 9.63. The molecular formula is C35H39N3O7. The van der Waals surface area contributed by atoms with E-state index in [-0.39, 0.29) is 30.8 Å². The van der Waals surface area contributed by atoms with Gasteiger partial charge in [0.2, 0.25) is 0 Å². The van der Waals surface area contributed by atoms with Gasteiger partial charge >= 0.3 is 11.9 Å². The van der Waals surface area contributed by atoms with Gasteiger partial charge in [-0.2, -0.15) is 0 Å². The summed E-state index contributed by atoms with van der Waals surface area (Å²) in [6.45, 7) is 13.9. The molecule has 3 aromatic rings. The Bertz CT molecular complexity index is 1820. The highest BCUT2D eigenvalue weighted by atomic mass is 16.6. The van der Waals surface area contributed by atoms with Crippen molar-refractivity contribution in [3.05, 3.63) is 69.0 Å². The van der Waals surface area contributed by atoms with Crippen molar-refractivity contribution in [2.75, 3.05) is 19.7 Å². The van der Waals surface area contributed by atoms with Gasteiger partial charge < -0.3 is 23.9 Å². The van der Waals surface area contributed by atoms with Gasteiger partial charge in [0.25, 0.3) is 5.56 Å². The summed E-state index contributed by atoms with van der Waals surface area (Å²) in [6, 6.07) is 7.40. The molecule has 45 heavy (non-hydrogen) atoms. The van der Waals surface area contributed by atoms with Crippen LogP contribution in [-0.4, -0.2) is 56.8 Å². The number of hydrogen-bond acceptors (Lipinski definition) is 9. The van der Waals surface area contributed by atoms with Crippen LogP contribution in [0.1, 0.15) is 69.2 Å². The summed E-state index contributed by atoms with van der Waals surface area (Å²) in [5.41, 5.74) is 2.08. The average Bonchev–Trinajstić information content (AvgIpc) is 3.35. The topological polar surface area (TPSA) is 120 Å². The monoisotopic (exact) mass is 613 g/mol. The molecule has 1 saturated carbocycles. The minimum Gasteiger partial charge on any atom is -0.489 e. The second kappa shape index (κ2) is 10.5. The molecule has 0 unspecified atom stereocenters. The van der Waals surface area contributed by atoms with E-state index in [4.69, 9.17) is 19.2 Å². The minimum absolute atomic E-state index is 0.0167. The molecule has 6 heterocycles. The number of aromatic nitrogens is 2. The van der Waals surface area contributed by atoms with E-state index in [9.17, 15) is 19.5 Å². The van der Waals surface area contributed by atoms with E-state index in [1.54, 1.807) is 38.3 Å². The molecule has 1 atom stereocenters. The zero-order valence-electron chi connectivity index (χ0n) is 26.3. The Kier molecular flexibility index (Phi) is 6.94. The predicted octanol–water partition coefficient (Wildman–Crippen LogP) is 4.20. The van der Waals surface area contributed by atoms with E-state index in [0.29, 0.717) is 41.4 Å². The quantitative estimate of drug-likeness (QED) is 0.242. The number of benzene rings is 1. The number of aliphatic hydroxyl groups is 1. The van der Waals surface area contributed by atoms with Crippen LogP contribution in [-0.2, 0) is 44.4 Å². The minimum atomic E-state index is -1.88. The number of ether oxygens (including phenoxy) is 3. The van der Waals surface area contributed by atoms with Crippen LogP contribution < -0.4 is 10.3 Å². The van der Waals surface area contributed by atoms with Gasteiger partial charge in [0.15, 0.2) is 5.60 Å². The molecule has 3 fully saturated rings. The summed E-state index contributed by atoms with van der Waals surface area (Å²) in [6.07, 6.45) is 2.67. The van der Waals surface area contributed by atoms with Crippen molar-refractivity contribution in [1.82, 2.24) is 14.5 Å². The molecule has 10 heteroatoms. The zero-order valence-corrected chi connectivity index (χ0v) is 26.3. The van der Waals surface area contributed by atoms with Crippen LogP contribution in [0.4, 0.5) is 0 Å². The molecule has 0 radical (unpaired) electrons. The third kappa shape index (κ3) is 5.04. The van der Waals surface area contributed by atoms with E-state index >= 15 is 0 Å². The molecule has 2 aromatic heterocycles. The Morgan fingerprint density at radius 1 is 1.16 bits per heavy atom. The van der Waals surface area contributed by atoms with Gasteiger partial charge in [-0.15, -0.1) is 0 Å². The van der Waals surface area contributed by atoms with Crippen LogP contribution in [0, 0.1) is 11.8 Å². The van der Waals surface area contributed by atoms with E-state index in [0.717, 1.165) is 47.0 Å². The van der Waals surface area contributed by atoms with Gasteiger partial charge in [-0.1, -0.05) is 13.5 Å². The fraction of sp³-hybridized carbons (Fsp3) is 0.486. The number of esters is 2. The van der Waals surface area contributed by atoms with Gasteiger partial charge in [-0.25, -0.2) is 14.6 Å². The molecular weight excluding hydrogens is 574 g/mol. The Labute approximate surface area is 261 Å². The summed E-state index contributed by atoms with van der Waals surface area (Å²) in [4.78, 5) is 46.4. The van der Waals surface area contributed by atoms with Crippen molar-refractivity contribution >= 4 is 22.8 Å². The molecule has 0 amide bonds. The first kappa shape index (κ1) is 29.7. The first-order valence-corrected chi connectivity index (χ1v) is 15.7. The van der Waals surface area contributed by atoms with Gasteiger partial charge in [0.05, 0.1) is 34.6 Å². The molecule has 2 saturated heterocycles. The average molecular weight is 614 g/mol. The third-order valence-corrected chi connectivity index (χ3v) is 9.63. The lowest BCUT2D eigenvalue weighted by molar-refractivity contribution is -0.172. The summed E-state index contributed by atoms with van der Waals surface area (Å²) < 4.78 is 18.4. The van der Waals surface area contributed by atoms with Crippen molar-refractivity contribution in [2.24, 2.45) is 11.8 Å². The molecule has 1 aliphatic carbocycles. The second-order valence-electron chi connectivity index (χ2n) is 14.0. The van der Waals surface area contributed by atoms with Crippen LogP contribution in [0.5, 0.6) is 5.75 Å². The number of hydrogen-bond donors (Lipinski definition) is 1. The first-order valence-electron chi connectivity index (χ1n) is 15.7. The summed E-state index contributed by atoms with van der Waals surface area (Å²) in [5, 5.41) is 12.2. The molecule has 236 valence electrons. The molecule has 4 aliphatic heterocycles. The number of carbonyl (C=O) groups is 2. The van der Waals surface area contributed by atoms with Crippen molar-refractivity contribution in [1.29, 1.82) is 0 Å². The maximum Gasteiger partial charge on any atom is 0.343 e. The number of carbonyl (C=O) groups excluding carboxylic acids is 2. The summed E-state index contributed by atoms with van der Waals surface area (Å²) in [7, 11) is 0. The molecule has 1 aromatic carbocycles. The van der Waals surface area contributed by atoms with Crippen molar-refractivity contribution in [2.45, 2.75) is 77.9 Å².